The summed E-state index contributed by atoms with van der Waals surface area (Å²) in [6, 6.07) is 19.0. The summed E-state index contributed by atoms with van der Waals surface area (Å²) in [5.41, 5.74) is 0.661. The standard InChI is InChI=1S/C24H15ClF3NO2S2/c25-19-10-3-1-7-16(19)14-31-20-11-4-2-6-15(20)12-21-22(30)29(23(32)33-21)18-9-5-8-17(13-18)24(26,27)28/h1-13H,14H2/b21-12-. The van der Waals surface area contributed by atoms with E-state index in [2.05, 4.69) is 0 Å². The Balaban J connectivity index is 1.59. The van der Waals surface area contributed by atoms with Crippen molar-refractivity contribution in [3.8, 4) is 5.75 Å². The number of thioether (sulfide) groups is 1. The molecule has 3 aromatic carbocycles. The molecule has 168 valence electrons. The number of carbonyl (C=O) groups excluding carboxylic acids is 1. The molecule has 1 saturated heterocycles. The largest absolute Gasteiger partial charge is 0.488 e. The van der Waals surface area contributed by atoms with E-state index in [1.807, 2.05) is 18.2 Å². The van der Waals surface area contributed by atoms with Gasteiger partial charge in [-0.2, -0.15) is 13.2 Å². The summed E-state index contributed by atoms with van der Waals surface area (Å²) in [4.78, 5) is 14.4. The van der Waals surface area contributed by atoms with Crippen molar-refractivity contribution in [2.24, 2.45) is 0 Å². The molecule has 0 radical (unpaired) electrons. The molecule has 9 heteroatoms. The molecule has 0 N–H and O–H groups in total. The number of rotatable bonds is 5. The van der Waals surface area contributed by atoms with E-state index in [4.69, 9.17) is 28.6 Å². The van der Waals surface area contributed by atoms with Gasteiger partial charge in [-0.3, -0.25) is 9.69 Å². The van der Waals surface area contributed by atoms with Crippen LogP contribution in [-0.4, -0.2) is 10.2 Å². The summed E-state index contributed by atoms with van der Waals surface area (Å²) < 4.78 is 45.4. The summed E-state index contributed by atoms with van der Waals surface area (Å²) >= 11 is 12.5. The van der Waals surface area contributed by atoms with Crippen molar-refractivity contribution < 1.29 is 22.7 Å². The van der Waals surface area contributed by atoms with Crippen LogP contribution in [0.15, 0.2) is 77.7 Å². The van der Waals surface area contributed by atoms with E-state index in [1.54, 1.807) is 36.4 Å². The highest BCUT2D eigenvalue weighted by atomic mass is 35.5. The van der Waals surface area contributed by atoms with Crippen LogP contribution in [0, 0.1) is 0 Å². The van der Waals surface area contributed by atoms with Gasteiger partial charge in [0.15, 0.2) is 4.32 Å². The van der Waals surface area contributed by atoms with Crippen LogP contribution < -0.4 is 9.64 Å². The van der Waals surface area contributed by atoms with Gasteiger partial charge in [0.2, 0.25) is 0 Å². The van der Waals surface area contributed by atoms with Gasteiger partial charge in [0.25, 0.3) is 5.91 Å². The lowest BCUT2D eigenvalue weighted by Gasteiger charge is -2.16. The molecule has 0 bridgehead atoms. The van der Waals surface area contributed by atoms with Crippen molar-refractivity contribution in [2.75, 3.05) is 4.90 Å². The van der Waals surface area contributed by atoms with Crippen molar-refractivity contribution in [3.05, 3.63) is 99.4 Å². The van der Waals surface area contributed by atoms with Crippen molar-refractivity contribution >= 4 is 57.6 Å². The Kier molecular flexibility index (Phi) is 6.78. The Labute approximate surface area is 202 Å². The molecule has 0 aliphatic carbocycles. The zero-order valence-corrected chi connectivity index (χ0v) is 19.2. The summed E-state index contributed by atoms with van der Waals surface area (Å²) in [5.74, 6) is 0.0342. The van der Waals surface area contributed by atoms with E-state index >= 15 is 0 Å². The molecule has 3 aromatic rings. The molecule has 1 aliphatic rings. The second-order valence-corrected chi connectivity index (χ2v) is 9.07. The lowest BCUT2D eigenvalue weighted by atomic mass is 10.1. The van der Waals surface area contributed by atoms with Gasteiger partial charge in [-0.25, -0.2) is 0 Å². The first-order valence-corrected chi connectivity index (χ1v) is 11.2. The molecular weight excluding hydrogens is 491 g/mol. The number of thiocarbonyl (C=S) groups is 1. The van der Waals surface area contributed by atoms with Gasteiger partial charge in [0.1, 0.15) is 12.4 Å². The highest BCUT2D eigenvalue weighted by Gasteiger charge is 2.36. The van der Waals surface area contributed by atoms with Gasteiger partial charge >= 0.3 is 6.18 Å². The molecule has 0 saturated carbocycles. The van der Waals surface area contributed by atoms with E-state index in [-0.39, 0.29) is 21.5 Å². The van der Waals surface area contributed by atoms with Gasteiger partial charge in [-0.15, -0.1) is 0 Å². The second-order valence-electron chi connectivity index (χ2n) is 6.98. The van der Waals surface area contributed by atoms with Crippen molar-refractivity contribution in [3.63, 3.8) is 0 Å². The van der Waals surface area contributed by atoms with Crippen LogP contribution >= 0.6 is 35.6 Å². The number of anilines is 1. The SMILES string of the molecule is O=C1/C(=C/c2ccccc2OCc2ccccc2Cl)SC(=S)N1c1cccc(C(F)(F)F)c1. The van der Waals surface area contributed by atoms with Crippen molar-refractivity contribution in [1.82, 2.24) is 0 Å². The summed E-state index contributed by atoms with van der Waals surface area (Å²) in [6.45, 7) is 0.232. The Morgan fingerprint density at radius 1 is 1.03 bits per heavy atom. The number of amides is 1. The Hall–Kier alpha value is -2.81. The zero-order valence-electron chi connectivity index (χ0n) is 16.8. The smallest absolute Gasteiger partial charge is 0.416 e. The molecule has 33 heavy (non-hydrogen) atoms. The molecule has 0 unspecified atom stereocenters. The molecule has 1 amide bonds. The number of benzene rings is 3. The van der Waals surface area contributed by atoms with Crippen LogP contribution in [-0.2, 0) is 17.6 Å². The molecule has 0 spiro atoms. The number of halogens is 4. The van der Waals surface area contributed by atoms with Gasteiger partial charge in [0, 0.05) is 16.1 Å². The third-order valence-corrected chi connectivity index (χ3v) is 6.44. The van der Waals surface area contributed by atoms with Gasteiger partial charge in [-0.05, 0) is 36.4 Å². The maximum Gasteiger partial charge on any atom is 0.416 e. The normalized spacial score (nSPS) is 15.4. The van der Waals surface area contributed by atoms with E-state index < -0.39 is 17.6 Å². The predicted molar refractivity (Wildman–Crippen MR) is 129 cm³/mol. The molecular formula is C24H15ClF3NO2S2. The van der Waals surface area contributed by atoms with Crippen LogP contribution in [0.4, 0.5) is 18.9 Å². The number of hydrogen-bond acceptors (Lipinski definition) is 4. The third-order valence-electron chi connectivity index (χ3n) is 4.77. The second kappa shape index (κ2) is 9.59. The zero-order chi connectivity index (χ0) is 23.6. The van der Waals surface area contributed by atoms with Crippen molar-refractivity contribution in [2.45, 2.75) is 12.8 Å². The number of ether oxygens (including phenoxy) is 1. The average molecular weight is 506 g/mol. The Morgan fingerprint density at radius 2 is 1.76 bits per heavy atom. The summed E-state index contributed by atoms with van der Waals surface area (Å²) in [7, 11) is 0. The van der Waals surface area contributed by atoms with Gasteiger partial charge in [-0.1, -0.05) is 78.0 Å². The molecule has 1 heterocycles. The number of para-hydroxylation sites is 1. The van der Waals surface area contributed by atoms with E-state index in [9.17, 15) is 18.0 Å². The Bertz CT molecular complexity index is 1260. The fourth-order valence-corrected chi connectivity index (χ4v) is 4.64. The molecule has 4 rings (SSSR count). The predicted octanol–water partition coefficient (Wildman–Crippen LogP) is 7.34. The quantitative estimate of drug-likeness (QED) is 0.268. The fourth-order valence-electron chi connectivity index (χ4n) is 3.16. The molecule has 0 atom stereocenters. The monoisotopic (exact) mass is 505 g/mol. The minimum Gasteiger partial charge on any atom is -0.488 e. The van der Waals surface area contributed by atoms with E-state index in [0.29, 0.717) is 16.3 Å². The number of alkyl halides is 3. The van der Waals surface area contributed by atoms with E-state index in [0.717, 1.165) is 34.4 Å². The minimum absolute atomic E-state index is 0.0685. The number of hydrogen-bond donors (Lipinski definition) is 0. The molecule has 0 aromatic heterocycles. The molecule has 3 nitrogen and oxygen atoms in total. The lowest BCUT2D eigenvalue weighted by Crippen LogP contribution is -2.27. The first-order chi connectivity index (χ1) is 15.7. The minimum atomic E-state index is -4.52. The Morgan fingerprint density at radius 3 is 2.52 bits per heavy atom. The maximum atomic E-state index is 13.1. The van der Waals surface area contributed by atoms with Gasteiger partial charge in [0.05, 0.1) is 16.2 Å². The van der Waals surface area contributed by atoms with Gasteiger partial charge < -0.3 is 4.74 Å². The fraction of sp³-hybridized carbons (Fsp3) is 0.0833. The molecule has 1 fully saturated rings. The number of carbonyl (C=O) groups is 1. The van der Waals surface area contributed by atoms with Crippen LogP contribution in [0.2, 0.25) is 5.02 Å². The average Bonchev–Trinajstić information content (AvgIpc) is 3.06. The van der Waals surface area contributed by atoms with Crippen LogP contribution in [0.25, 0.3) is 6.08 Å². The first kappa shape index (κ1) is 23.4. The van der Waals surface area contributed by atoms with Crippen molar-refractivity contribution in [1.29, 1.82) is 0 Å². The molecule has 1 aliphatic heterocycles. The lowest BCUT2D eigenvalue weighted by molar-refractivity contribution is -0.137. The first-order valence-electron chi connectivity index (χ1n) is 9.64. The maximum absolute atomic E-state index is 13.1. The van der Waals surface area contributed by atoms with E-state index in [1.165, 1.54) is 12.1 Å². The highest BCUT2D eigenvalue weighted by molar-refractivity contribution is 8.27. The van der Waals surface area contributed by atoms with Crippen LogP contribution in [0.1, 0.15) is 16.7 Å². The highest BCUT2D eigenvalue weighted by Crippen LogP contribution is 2.39. The summed E-state index contributed by atoms with van der Waals surface area (Å²) in [5, 5.41) is 0.580. The number of nitrogens with zero attached hydrogens (tertiary/aromatic N) is 1. The third kappa shape index (κ3) is 5.24. The van der Waals surface area contributed by atoms with Crippen LogP contribution in [0.3, 0.4) is 0 Å². The van der Waals surface area contributed by atoms with Crippen LogP contribution in [0.5, 0.6) is 5.75 Å². The summed E-state index contributed by atoms with van der Waals surface area (Å²) in [6.07, 6.45) is -2.90. The topological polar surface area (TPSA) is 29.5 Å².